The van der Waals surface area contributed by atoms with Gasteiger partial charge in [0.15, 0.2) is 0 Å². The van der Waals surface area contributed by atoms with Gasteiger partial charge in [-0.2, -0.15) is 13.2 Å². The number of rotatable bonds is 2. The Morgan fingerprint density at radius 3 is 2.80 bits per heavy atom. The Morgan fingerprint density at radius 1 is 1.50 bits per heavy atom. The number of carbonyl (C=O) groups is 1. The molecule has 5 nitrogen and oxygen atoms in total. The summed E-state index contributed by atoms with van der Waals surface area (Å²) < 4.78 is 37.9. The van der Waals surface area contributed by atoms with Crippen LogP contribution in [0.3, 0.4) is 0 Å². The Kier molecular flexibility index (Phi) is 4.03. The maximum atomic E-state index is 12.6. The third-order valence-electron chi connectivity index (χ3n) is 2.85. The fourth-order valence-corrected chi connectivity index (χ4v) is 2.25. The van der Waals surface area contributed by atoms with Crippen molar-refractivity contribution >= 4 is 23.3 Å². The molecule has 0 aliphatic carbocycles. The Balaban J connectivity index is 2.18. The van der Waals surface area contributed by atoms with Gasteiger partial charge in [0.05, 0.1) is 0 Å². The van der Waals surface area contributed by atoms with E-state index in [2.05, 4.69) is 15.3 Å². The molecule has 1 aliphatic heterocycles. The van der Waals surface area contributed by atoms with Crippen molar-refractivity contribution < 1.29 is 18.0 Å². The van der Waals surface area contributed by atoms with Crippen molar-refractivity contribution in [3.8, 4) is 0 Å². The number of anilines is 1. The van der Waals surface area contributed by atoms with Crippen LogP contribution in [0.25, 0.3) is 0 Å². The molecule has 0 radical (unpaired) electrons. The zero-order valence-corrected chi connectivity index (χ0v) is 11.3. The molecule has 2 rings (SSSR count). The van der Waals surface area contributed by atoms with Crippen molar-refractivity contribution in [3.05, 3.63) is 17.0 Å². The first-order valence-corrected chi connectivity index (χ1v) is 6.27. The fraction of sp³-hybridized carbons (Fsp3) is 0.545. The molecule has 9 heteroatoms. The van der Waals surface area contributed by atoms with Crippen molar-refractivity contribution in [2.24, 2.45) is 0 Å². The number of hydrogen-bond acceptors (Lipinski definition) is 4. The van der Waals surface area contributed by atoms with Crippen molar-refractivity contribution in [3.63, 3.8) is 0 Å². The van der Waals surface area contributed by atoms with Gasteiger partial charge in [-0.25, -0.2) is 9.97 Å². The van der Waals surface area contributed by atoms with Gasteiger partial charge < -0.3 is 10.2 Å². The Morgan fingerprint density at radius 2 is 2.20 bits per heavy atom. The molecule has 0 spiro atoms. The monoisotopic (exact) mass is 308 g/mol. The average Bonchev–Trinajstić information content (AvgIpc) is 2.74. The van der Waals surface area contributed by atoms with Crippen molar-refractivity contribution in [1.29, 1.82) is 0 Å². The summed E-state index contributed by atoms with van der Waals surface area (Å²) >= 11 is 5.61. The number of carbonyl (C=O) groups excluding carboxylic acids is 1. The van der Waals surface area contributed by atoms with E-state index in [9.17, 15) is 18.0 Å². The molecule has 1 amide bonds. The highest BCUT2D eigenvalue weighted by molar-refractivity contribution is 6.29. The maximum absolute atomic E-state index is 12.6. The molecule has 0 aromatic carbocycles. The van der Waals surface area contributed by atoms with Gasteiger partial charge in [0.2, 0.25) is 11.7 Å². The standard InChI is InChI=1S/C11H12ClF3N4O/c1-6(20)16-7-2-3-19(5-7)9-4-8(12)17-10(18-9)11(13,14)15/h4,7H,2-3,5H2,1H3,(H,16,20). The Labute approximate surface area is 118 Å². The van der Waals surface area contributed by atoms with Gasteiger partial charge in [-0.3, -0.25) is 4.79 Å². The molecule has 1 aliphatic rings. The van der Waals surface area contributed by atoms with E-state index in [1.807, 2.05) is 0 Å². The second-order valence-electron chi connectivity index (χ2n) is 4.50. The molecule has 1 saturated heterocycles. The van der Waals surface area contributed by atoms with Gasteiger partial charge in [-0.05, 0) is 6.42 Å². The minimum absolute atomic E-state index is 0.101. The Bertz CT molecular complexity index is 523. The lowest BCUT2D eigenvalue weighted by molar-refractivity contribution is -0.144. The van der Waals surface area contributed by atoms with Crippen LogP contribution in [0, 0.1) is 0 Å². The highest BCUT2D eigenvalue weighted by Crippen LogP contribution is 2.30. The molecule has 20 heavy (non-hydrogen) atoms. The highest BCUT2D eigenvalue weighted by Gasteiger charge is 2.36. The summed E-state index contributed by atoms with van der Waals surface area (Å²) in [5, 5.41) is 2.46. The van der Waals surface area contributed by atoms with Crippen LogP contribution in [-0.2, 0) is 11.0 Å². The number of nitrogens with zero attached hydrogens (tertiary/aromatic N) is 3. The number of alkyl halides is 3. The second kappa shape index (κ2) is 5.43. The first-order valence-electron chi connectivity index (χ1n) is 5.89. The molecule has 2 heterocycles. The normalized spacial score (nSPS) is 19.2. The zero-order chi connectivity index (χ0) is 14.9. The lowest BCUT2D eigenvalue weighted by atomic mass is 10.3. The van der Waals surface area contributed by atoms with Crippen LogP contribution in [-0.4, -0.2) is 35.0 Å². The van der Waals surface area contributed by atoms with Gasteiger partial charge in [-0.1, -0.05) is 11.6 Å². The minimum atomic E-state index is -4.64. The summed E-state index contributed by atoms with van der Waals surface area (Å²) in [6.45, 7) is 2.28. The van der Waals surface area contributed by atoms with Crippen molar-refractivity contribution in [1.82, 2.24) is 15.3 Å². The lowest BCUT2D eigenvalue weighted by Crippen LogP contribution is -2.35. The van der Waals surface area contributed by atoms with E-state index in [4.69, 9.17) is 11.6 Å². The largest absolute Gasteiger partial charge is 0.451 e. The topological polar surface area (TPSA) is 58.1 Å². The molecular weight excluding hydrogens is 297 g/mol. The summed E-state index contributed by atoms with van der Waals surface area (Å²) in [7, 11) is 0. The molecule has 0 saturated carbocycles. The second-order valence-corrected chi connectivity index (χ2v) is 4.89. The van der Waals surface area contributed by atoms with E-state index < -0.39 is 12.0 Å². The predicted molar refractivity (Wildman–Crippen MR) is 66.5 cm³/mol. The fourth-order valence-electron chi connectivity index (χ4n) is 2.07. The number of amides is 1. The zero-order valence-electron chi connectivity index (χ0n) is 10.5. The van der Waals surface area contributed by atoms with E-state index >= 15 is 0 Å². The molecule has 1 aromatic heterocycles. The summed E-state index contributed by atoms with van der Waals surface area (Å²) in [5.74, 6) is -1.32. The van der Waals surface area contributed by atoms with Gasteiger partial charge in [-0.15, -0.1) is 0 Å². The number of hydrogen-bond donors (Lipinski definition) is 1. The minimum Gasteiger partial charge on any atom is -0.354 e. The first-order chi connectivity index (χ1) is 9.25. The number of nitrogens with one attached hydrogen (secondary N) is 1. The van der Waals surface area contributed by atoms with Crippen LogP contribution in [0.1, 0.15) is 19.2 Å². The van der Waals surface area contributed by atoms with E-state index in [1.165, 1.54) is 13.0 Å². The van der Waals surface area contributed by atoms with Crippen LogP contribution in [0.4, 0.5) is 19.0 Å². The molecule has 1 aromatic rings. The van der Waals surface area contributed by atoms with E-state index in [1.54, 1.807) is 4.90 Å². The van der Waals surface area contributed by atoms with Crippen molar-refractivity contribution in [2.45, 2.75) is 25.6 Å². The summed E-state index contributed by atoms with van der Waals surface area (Å²) in [4.78, 5) is 19.3. The molecule has 1 atom stereocenters. The molecule has 1 N–H and O–H groups in total. The maximum Gasteiger partial charge on any atom is 0.451 e. The van der Waals surface area contributed by atoms with E-state index in [0.717, 1.165) is 0 Å². The van der Waals surface area contributed by atoms with Crippen LogP contribution in [0.15, 0.2) is 6.07 Å². The molecule has 1 unspecified atom stereocenters. The van der Waals surface area contributed by atoms with Crippen LogP contribution in [0.2, 0.25) is 5.15 Å². The van der Waals surface area contributed by atoms with E-state index in [0.29, 0.717) is 19.5 Å². The van der Waals surface area contributed by atoms with Gasteiger partial charge >= 0.3 is 6.18 Å². The lowest BCUT2D eigenvalue weighted by Gasteiger charge is -2.19. The van der Waals surface area contributed by atoms with Crippen molar-refractivity contribution in [2.75, 3.05) is 18.0 Å². The molecule has 110 valence electrons. The van der Waals surface area contributed by atoms with Crippen LogP contribution in [0.5, 0.6) is 0 Å². The first kappa shape index (κ1) is 14.8. The predicted octanol–water partition coefficient (Wildman–Crippen LogP) is 1.86. The SMILES string of the molecule is CC(=O)NC1CCN(c2cc(Cl)nc(C(F)(F)F)n2)C1. The molecule has 1 fully saturated rings. The third-order valence-corrected chi connectivity index (χ3v) is 3.05. The summed E-state index contributed by atoms with van der Waals surface area (Å²) in [6, 6.07) is 1.18. The molecular formula is C11H12ClF3N4O. The van der Waals surface area contributed by atoms with Crippen LogP contribution < -0.4 is 10.2 Å². The van der Waals surface area contributed by atoms with Gasteiger partial charge in [0, 0.05) is 32.1 Å². The number of aromatic nitrogens is 2. The van der Waals surface area contributed by atoms with Gasteiger partial charge in [0.25, 0.3) is 0 Å². The van der Waals surface area contributed by atoms with E-state index in [-0.39, 0.29) is 22.9 Å². The van der Waals surface area contributed by atoms with Gasteiger partial charge in [0.1, 0.15) is 11.0 Å². The smallest absolute Gasteiger partial charge is 0.354 e. The molecule has 0 bridgehead atoms. The average molecular weight is 309 g/mol. The summed E-state index contributed by atoms with van der Waals surface area (Å²) in [5.41, 5.74) is 0. The third kappa shape index (κ3) is 3.50. The highest BCUT2D eigenvalue weighted by atomic mass is 35.5. The number of halogens is 4. The Hall–Kier alpha value is -1.57. The quantitative estimate of drug-likeness (QED) is 0.847. The summed E-state index contributed by atoms with van der Waals surface area (Å²) in [6.07, 6.45) is -4.00. The van der Waals surface area contributed by atoms with Crippen LogP contribution >= 0.6 is 11.6 Å².